The summed E-state index contributed by atoms with van der Waals surface area (Å²) in [6, 6.07) is 0.481. The topological polar surface area (TPSA) is 36.0 Å². The summed E-state index contributed by atoms with van der Waals surface area (Å²) in [6.07, 6.45) is 4.52. The van der Waals surface area contributed by atoms with E-state index in [2.05, 4.69) is 28.7 Å². The molecule has 0 radical (unpaired) electrons. The molecule has 5 heteroatoms. The minimum Gasteiger partial charge on any atom is -0.459 e. The number of esters is 1. The van der Waals surface area contributed by atoms with Gasteiger partial charge in [0.15, 0.2) is 0 Å². The van der Waals surface area contributed by atoms with Crippen LogP contribution in [0.5, 0.6) is 0 Å². The van der Waals surface area contributed by atoms with Crippen LogP contribution in [0.25, 0.3) is 0 Å². The van der Waals surface area contributed by atoms with Crippen LogP contribution in [-0.2, 0) is 9.53 Å². The van der Waals surface area contributed by atoms with Crippen molar-refractivity contribution in [3.63, 3.8) is 0 Å². The predicted molar refractivity (Wildman–Crippen MR) is 98.2 cm³/mol. The van der Waals surface area contributed by atoms with Gasteiger partial charge in [-0.2, -0.15) is 0 Å². The van der Waals surface area contributed by atoms with Gasteiger partial charge in [0.05, 0.1) is 0 Å². The van der Waals surface area contributed by atoms with Crippen molar-refractivity contribution in [1.29, 1.82) is 0 Å². The molecule has 2 saturated heterocycles. The molecule has 2 aliphatic heterocycles. The monoisotopic (exact) mass is 339 g/mol. The number of rotatable bonds is 4. The van der Waals surface area contributed by atoms with Crippen LogP contribution in [0.2, 0.25) is 0 Å². The highest BCUT2D eigenvalue weighted by molar-refractivity contribution is 5.76. The Kier molecular flexibility index (Phi) is 7.08. The van der Waals surface area contributed by atoms with Gasteiger partial charge in [-0.1, -0.05) is 13.3 Å². The van der Waals surface area contributed by atoms with Gasteiger partial charge in [-0.25, -0.2) is 0 Å². The van der Waals surface area contributed by atoms with E-state index < -0.39 is 5.60 Å². The second kappa shape index (κ2) is 8.63. The summed E-state index contributed by atoms with van der Waals surface area (Å²) in [6.45, 7) is 14.6. The molecule has 140 valence electrons. The first-order valence-electron chi connectivity index (χ1n) is 9.69. The number of hydrogen-bond donors (Lipinski definition) is 0. The molecule has 0 spiro atoms. The summed E-state index contributed by atoms with van der Waals surface area (Å²) in [5.74, 6) is -0.0518. The maximum absolute atomic E-state index is 12.6. The largest absolute Gasteiger partial charge is 0.459 e. The van der Waals surface area contributed by atoms with Gasteiger partial charge in [-0.3, -0.25) is 14.6 Å². The van der Waals surface area contributed by atoms with Crippen LogP contribution in [0.4, 0.5) is 0 Å². The van der Waals surface area contributed by atoms with E-state index >= 15 is 0 Å². The smallest absolute Gasteiger partial charge is 0.323 e. The van der Waals surface area contributed by atoms with Crippen LogP contribution in [0, 0.1) is 0 Å². The predicted octanol–water partition coefficient (Wildman–Crippen LogP) is 2.21. The molecule has 2 unspecified atom stereocenters. The van der Waals surface area contributed by atoms with Crippen molar-refractivity contribution in [3.8, 4) is 0 Å². The van der Waals surface area contributed by atoms with Crippen molar-refractivity contribution in [2.75, 3.05) is 46.3 Å². The summed E-state index contributed by atoms with van der Waals surface area (Å²) in [4.78, 5) is 20.1. The molecule has 0 amide bonds. The number of nitrogens with zero attached hydrogens (tertiary/aromatic N) is 3. The summed E-state index contributed by atoms with van der Waals surface area (Å²) >= 11 is 0. The number of likely N-dealkylation sites (N-methyl/N-ethyl adjacent to an activating group) is 1. The first-order chi connectivity index (χ1) is 11.3. The van der Waals surface area contributed by atoms with E-state index in [1.165, 1.54) is 19.3 Å². The zero-order valence-electron chi connectivity index (χ0n) is 16.4. The molecule has 0 aromatic carbocycles. The summed E-state index contributed by atoms with van der Waals surface area (Å²) < 4.78 is 5.68. The molecule has 2 fully saturated rings. The second-order valence-corrected chi connectivity index (χ2v) is 8.44. The number of piperazine rings is 1. The zero-order valence-corrected chi connectivity index (χ0v) is 16.4. The Morgan fingerprint density at radius 3 is 2.38 bits per heavy atom. The molecule has 0 aliphatic carbocycles. The highest BCUT2D eigenvalue weighted by Gasteiger charge is 2.33. The third-order valence-corrected chi connectivity index (χ3v) is 5.24. The highest BCUT2D eigenvalue weighted by atomic mass is 16.6. The van der Waals surface area contributed by atoms with Crippen LogP contribution < -0.4 is 0 Å². The molecule has 2 aliphatic rings. The fourth-order valence-corrected chi connectivity index (χ4v) is 3.86. The van der Waals surface area contributed by atoms with Gasteiger partial charge in [0, 0.05) is 38.8 Å². The molecule has 0 N–H and O–H groups in total. The number of hydrogen-bond acceptors (Lipinski definition) is 5. The first-order valence-corrected chi connectivity index (χ1v) is 9.69. The summed E-state index contributed by atoms with van der Waals surface area (Å²) in [5.41, 5.74) is -0.410. The third kappa shape index (κ3) is 5.71. The lowest BCUT2D eigenvalue weighted by Crippen LogP contribution is -2.54. The van der Waals surface area contributed by atoms with E-state index in [-0.39, 0.29) is 12.0 Å². The minimum absolute atomic E-state index is 0.0518. The molecular formula is C19H37N3O2. The van der Waals surface area contributed by atoms with Crippen LogP contribution in [0.15, 0.2) is 0 Å². The standard InChI is InChI=1S/C19H37N3O2/c1-6-17(18(23)24-19(2,3)4)22-10-8-7-9-16(15-22)21-13-11-20(5)12-14-21/h16-17H,6-15H2,1-5H3. The second-order valence-electron chi connectivity index (χ2n) is 8.44. The van der Waals surface area contributed by atoms with Gasteiger partial charge in [0.1, 0.15) is 11.6 Å². The molecule has 0 bridgehead atoms. The molecule has 2 rings (SSSR count). The lowest BCUT2D eigenvalue weighted by molar-refractivity contribution is -0.161. The molecule has 2 atom stereocenters. The van der Waals surface area contributed by atoms with Crippen molar-refractivity contribution in [2.45, 2.75) is 71.1 Å². The average Bonchev–Trinajstić information content (AvgIpc) is 2.73. The van der Waals surface area contributed by atoms with Crippen LogP contribution >= 0.6 is 0 Å². The Labute approximate surface area is 148 Å². The van der Waals surface area contributed by atoms with Gasteiger partial charge in [0.25, 0.3) is 0 Å². The number of carbonyl (C=O) groups is 1. The van der Waals surface area contributed by atoms with Crippen molar-refractivity contribution < 1.29 is 9.53 Å². The van der Waals surface area contributed by atoms with E-state index in [4.69, 9.17) is 4.74 Å². The van der Waals surface area contributed by atoms with Gasteiger partial charge >= 0.3 is 5.97 Å². The summed E-state index contributed by atoms with van der Waals surface area (Å²) in [7, 11) is 2.20. The fraction of sp³-hybridized carbons (Fsp3) is 0.947. The van der Waals surface area contributed by atoms with E-state index in [0.717, 1.165) is 45.7 Å². The van der Waals surface area contributed by atoms with Gasteiger partial charge in [-0.15, -0.1) is 0 Å². The maximum atomic E-state index is 12.6. The Balaban J connectivity index is 2.00. The SMILES string of the molecule is CCC(C(=O)OC(C)(C)C)N1CCCCC(N2CCN(C)CC2)C1. The number of ether oxygens (including phenoxy) is 1. The molecule has 2 heterocycles. The van der Waals surface area contributed by atoms with Crippen molar-refractivity contribution >= 4 is 5.97 Å². The Hall–Kier alpha value is -0.650. The van der Waals surface area contributed by atoms with Crippen LogP contribution in [0.1, 0.15) is 53.4 Å². The van der Waals surface area contributed by atoms with E-state index in [1.54, 1.807) is 0 Å². The maximum Gasteiger partial charge on any atom is 0.323 e. The van der Waals surface area contributed by atoms with Crippen molar-refractivity contribution in [1.82, 2.24) is 14.7 Å². The highest BCUT2D eigenvalue weighted by Crippen LogP contribution is 2.22. The van der Waals surface area contributed by atoms with E-state index in [1.807, 2.05) is 20.8 Å². The third-order valence-electron chi connectivity index (χ3n) is 5.24. The van der Waals surface area contributed by atoms with Crippen molar-refractivity contribution in [3.05, 3.63) is 0 Å². The van der Waals surface area contributed by atoms with Crippen LogP contribution in [-0.4, -0.2) is 84.7 Å². The van der Waals surface area contributed by atoms with Gasteiger partial charge in [0.2, 0.25) is 0 Å². The molecule has 24 heavy (non-hydrogen) atoms. The Bertz CT molecular complexity index is 400. The molecule has 0 saturated carbocycles. The lowest BCUT2D eigenvalue weighted by Gasteiger charge is -2.40. The van der Waals surface area contributed by atoms with Crippen LogP contribution in [0.3, 0.4) is 0 Å². The Morgan fingerprint density at radius 1 is 1.12 bits per heavy atom. The fourth-order valence-electron chi connectivity index (χ4n) is 3.86. The number of carbonyl (C=O) groups excluding carboxylic acids is 1. The normalized spacial score (nSPS) is 26.8. The summed E-state index contributed by atoms with van der Waals surface area (Å²) in [5, 5.41) is 0. The average molecular weight is 340 g/mol. The van der Waals surface area contributed by atoms with E-state index in [9.17, 15) is 4.79 Å². The molecule has 5 nitrogen and oxygen atoms in total. The number of likely N-dealkylation sites (tertiary alicyclic amines) is 1. The van der Waals surface area contributed by atoms with E-state index in [0.29, 0.717) is 6.04 Å². The molecule has 0 aromatic heterocycles. The molecule has 0 aromatic rings. The zero-order chi connectivity index (χ0) is 17.7. The minimum atomic E-state index is -0.410. The Morgan fingerprint density at radius 2 is 1.79 bits per heavy atom. The van der Waals surface area contributed by atoms with Gasteiger partial charge in [-0.05, 0) is 53.6 Å². The quantitative estimate of drug-likeness (QED) is 0.734. The lowest BCUT2D eigenvalue weighted by atomic mass is 10.1. The van der Waals surface area contributed by atoms with Crippen molar-refractivity contribution in [2.24, 2.45) is 0 Å². The molecular weight excluding hydrogens is 302 g/mol. The van der Waals surface area contributed by atoms with Gasteiger partial charge < -0.3 is 9.64 Å². The first kappa shape index (κ1) is 19.7.